The lowest BCUT2D eigenvalue weighted by Crippen LogP contribution is -2.50. The first-order valence-electron chi connectivity index (χ1n) is 12.2. The fourth-order valence-corrected chi connectivity index (χ4v) is 5.13. The van der Waals surface area contributed by atoms with Gasteiger partial charge in [0, 0.05) is 45.9 Å². The van der Waals surface area contributed by atoms with Crippen LogP contribution in [0.25, 0.3) is 10.9 Å². The number of benzene rings is 2. The maximum atomic E-state index is 13.4. The minimum absolute atomic E-state index is 0.118. The zero-order chi connectivity index (χ0) is 25.1. The van der Waals surface area contributed by atoms with Gasteiger partial charge in [-0.15, -0.1) is 0 Å². The Hall–Kier alpha value is -2.65. The standard InChI is InChI=1S/C26H29Cl2N5O3/c27-21-6-5-18(13-22(21)28)14-29-24(34)16-33-25(35)20-3-1-2-4-23(20)30-26(33)32-10-8-31(9-11-32)15-19-7-12-36-17-19/h1-6,13,19H,7-12,14-17H2,(H,29,34). The van der Waals surface area contributed by atoms with Gasteiger partial charge in [-0.25, -0.2) is 4.98 Å². The summed E-state index contributed by atoms with van der Waals surface area (Å²) in [6, 6.07) is 12.5. The average Bonchev–Trinajstić information content (AvgIpc) is 3.40. The van der Waals surface area contributed by atoms with Gasteiger partial charge in [-0.1, -0.05) is 41.4 Å². The molecule has 2 aliphatic heterocycles. The number of nitrogens with zero attached hydrogens (tertiary/aromatic N) is 4. The average molecular weight is 530 g/mol. The van der Waals surface area contributed by atoms with Crippen LogP contribution < -0.4 is 15.8 Å². The molecule has 1 N–H and O–H groups in total. The summed E-state index contributed by atoms with van der Waals surface area (Å²) >= 11 is 12.1. The number of fused-ring (bicyclic) bond motifs is 1. The summed E-state index contributed by atoms with van der Waals surface area (Å²) in [6.45, 7) is 6.12. The van der Waals surface area contributed by atoms with E-state index in [1.807, 2.05) is 18.2 Å². The van der Waals surface area contributed by atoms with Crippen LogP contribution in [0.15, 0.2) is 47.3 Å². The van der Waals surface area contributed by atoms with Gasteiger partial charge in [0.2, 0.25) is 11.9 Å². The van der Waals surface area contributed by atoms with Gasteiger partial charge >= 0.3 is 0 Å². The lowest BCUT2D eigenvalue weighted by Gasteiger charge is -2.37. The molecule has 8 nitrogen and oxygen atoms in total. The molecule has 1 aromatic heterocycles. The molecular formula is C26H29Cl2N5O3. The van der Waals surface area contributed by atoms with Crippen LogP contribution in [0.5, 0.6) is 0 Å². The van der Waals surface area contributed by atoms with Gasteiger partial charge in [0.1, 0.15) is 6.54 Å². The van der Waals surface area contributed by atoms with E-state index in [0.29, 0.717) is 32.8 Å². The van der Waals surface area contributed by atoms with E-state index in [9.17, 15) is 9.59 Å². The second-order valence-corrected chi connectivity index (χ2v) is 10.2. The van der Waals surface area contributed by atoms with Crippen molar-refractivity contribution in [3.8, 4) is 0 Å². The van der Waals surface area contributed by atoms with E-state index >= 15 is 0 Å². The molecule has 10 heteroatoms. The third-order valence-corrected chi connectivity index (χ3v) is 7.55. The van der Waals surface area contributed by atoms with Crippen molar-refractivity contribution in [1.82, 2.24) is 19.8 Å². The zero-order valence-electron chi connectivity index (χ0n) is 20.0. The Labute approximate surface area is 219 Å². The number of nitrogens with one attached hydrogen (secondary N) is 1. The zero-order valence-corrected chi connectivity index (χ0v) is 21.5. The summed E-state index contributed by atoms with van der Waals surface area (Å²) in [5.41, 5.74) is 1.24. The van der Waals surface area contributed by atoms with Crippen LogP contribution in [0.4, 0.5) is 5.95 Å². The number of carbonyl (C=O) groups is 1. The summed E-state index contributed by atoms with van der Waals surface area (Å²) in [5, 5.41) is 4.27. The number of piperazine rings is 1. The molecule has 5 rings (SSSR count). The van der Waals surface area contributed by atoms with Crippen molar-refractivity contribution in [2.75, 3.05) is 50.8 Å². The lowest BCUT2D eigenvalue weighted by atomic mass is 10.1. The van der Waals surface area contributed by atoms with Crippen molar-refractivity contribution in [3.05, 3.63) is 68.4 Å². The lowest BCUT2D eigenvalue weighted by molar-refractivity contribution is -0.121. The van der Waals surface area contributed by atoms with E-state index in [2.05, 4.69) is 15.1 Å². The molecule has 36 heavy (non-hydrogen) atoms. The van der Waals surface area contributed by atoms with Crippen molar-refractivity contribution in [2.24, 2.45) is 5.92 Å². The van der Waals surface area contributed by atoms with Crippen LogP contribution in [-0.2, 0) is 22.6 Å². The van der Waals surface area contributed by atoms with Gasteiger partial charge in [0.05, 0.1) is 27.6 Å². The summed E-state index contributed by atoms with van der Waals surface area (Å²) in [6.07, 6.45) is 1.11. The Kier molecular flexibility index (Phi) is 7.76. The fourth-order valence-electron chi connectivity index (χ4n) is 4.81. The van der Waals surface area contributed by atoms with Gasteiger partial charge in [-0.05, 0) is 42.2 Å². The maximum absolute atomic E-state index is 13.4. The topological polar surface area (TPSA) is 79.7 Å². The number of ether oxygens (including phenoxy) is 1. The third-order valence-electron chi connectivity index (χ3n) is 6.81. The second kappa shape index (κ2) is 11.2. The monoisotopic (exact) mass is 529 g/mol. The van der Waals surface area contributed by atoms with Crippen molar-refractivity contribution < 1.29 is 9.53 Å². The minimum atomic E-state index is -0.277. The summed E-state index contributed by atoms with van der Waals surface area (Å²) < 4.78 is 7.01. The molecular weight excluding hydrogens is 501 g/mol. The molecule has 0 bridgehead atoms. The molecule has 2 aromatic carbocycles. The highest BCUT2D eigenvalue weighted by Gasteiger charge is 2.26. The Balaban J connectivity index is 1.32. The van der Waals surface area contributed by atoms with Crippen LogP contribution in [0.1, 0.15) is 12.0 Å². The fraction of sp³-hybridized carbons (Fsp3) is 0.423. The molecule has 3 aromatic rings. The predicted molar refractivity (Wildman–Crippen MR) is 142 cm³/mol. The highest BCUT2D eigenvalue weighted by atomic mass is 35.5. The Bertz CT molecular complexity index is 1300. The molecule has 0 radical (unpaired) electrons. The van der Waals surface area contributed by atoms with Crippen molar-refractivity contribution in [3.63, 3.8) is 0 Å². The number of para-hydroxylation sites is 1. The van der Waals surface area contributed by atoms with E-state index in [4.69, 9.17) is 32.9 Å². The van der Waals surface area contributed by atoms with E-state index < -0.39 is 0 Å². The maximum Gasteiger partial charge on any atom is 0.263 e. The van der Waals surface area contributed by atoms with E-state index in [1.54, 1.807) is 24.3 Å². The van der Waals surface area contributed by atoms with Crippen LogP contribution in [-0.4, -0.2) is 66.3 Å². The molecule has 190 valence electrons. The predicted octanol–water partition coefficient (Wildman–Crippen LogP) is 3.18. The molecule has 0 saturated carbocycles. The SMILES string of the molecule is O=C(Cn1c(N2CCN(CC3CCOC3)CC2)nc2ccccc2c1=O)NCc1ccc(Cl)c(Cl)c1. The molecule has 2 saturated heterocycles. The Morgan fingerprint density at radius 2 is 1.89 bits per heavy atom. The largest absolute Gasteiger partial charge is 0.381 e. The highest BCUT2D eigenvalue weighted by Crippen LogP contribution is 2.23. The van der Waals surface area contributed by atoms with Crippen LogP contribution >= 0.6 is 23.2 Å². The van der Waals surface area contributed by atoms with Crippen LogP contribution in [0.2, 0.25) is 10.0 Å². The first-order valence-corrected chi connectivity index (χ1v) is 13.0. The molecule has 1 unspecified atom stereocenters. The van der Waals surface area contributed by atoms with Crippen LogP contribution in [0, 0.1) is 5.92 Å². The molecule has 1 atom stereocenters. The van der Waals surface area contributed by atoms with Crippen molar-refractivity contribution >= 4 is 46.0 Å². The first kappa shape index (κ1) is 25.0. The van der Waals surface area contributed by atoms with Gasteiger partial charge in [-0.3, -0.25) is 19.1 Å². The smallest absolute Gasteiger partial charge is 0.263 e. The number of carbonyl (C=O) groups excluding carboxylic acids is 1. The van der Waals surface area contributed by atoms with Crippen molar-refractivity contribution in [2.45, 2.75) is 19.5 Å². The quantitative estimate of drug-likeness (QED) is 0.506. The highest BCUT2D eigenvalue weighted by molar-refractivity contribution is 6.42. The molecule has 2 fully saturated rings. The number of halogens is 2. The summed E-state index contributed by atoms with van der Waals surface area (Å²) in [7, 11) is 0. The molecule has 3 heterocycles. The van der Waals surface area contributed by atoms with Crippen LogP contribution in [0.3, 0.4) is 0 Å². The number of anilines is 1. The van der Waals surface area contributed by atoms with E-state index in [-0.39, 0.29) is 24.6 Å². The van der Waals surface area contributed by atoms with Gasteiger partial charge in [0.15, 0.2) is 0 Å². The molecule has 2 aliphatic rings. The normalized spacial score (nSPS) is 18.6. The minimum Gasteiger partial charge on any atom is -0.381 e. The summed E-state index contributed by atoms with van der Waals surface area (Å²) in [5.74, 6) is 0.848. The van der Waals surface area contributed by atoms with E-state index in [0.717, 1.165) is 57.9 Å². The molecule has 0 aliphatic carbocycles. The van der Waals surface area contributed by atoms with Gasteiger partial charge in [-0.2, -0.15) is 0 Å². The number of hydrogen-bond acceptors (Lipinski definition) is 6. The Morgan fingerprint density at radius 1 is 1.08 bits per heavy atom. The van der Waals surface area contributed by atoms with Gasteiger partial charge < -0.3 is 15.0 Å². The summed E-state index contributed by atoms with van der Waals surface area (Å²) in [4.78, 5) is 35.7. The first-order chi connectivity index (χ1) is 17.5. The Morgan fingerprint density at radius 3 is 2.64 bits per heavy atom. The third kappa shape index (κ3) is 5.67. The molecule has 0 spiro atoms. The number of amides is 1. The number of aromatic nitrogens is 2. The van der Waals surface area contributed by atoms with E-state index in [1.165, 1.54) is 4.57 Å². The number of rotatable bonds is 7. The second-order valence-electron chi connectivity index (χ2n) is 9.36. The van der Waals surface area contributed by atoms with Gasteiger partial charge in [0.25, 0.3) is 5.56 Å². The number of hydrogen-bond donors (Lipinski definition) is 1. The van der Waals surface area contributed by atoms with Crippen molar-refractivity contribution in [1.29, 1.82) is 0 Å². The molecule has 1 amide bonds.